The van der Waals surface area contributed by atoms with Crippen LogP contribution >= 0.6 is 12.4 Å². The number of halogens is 1. The molecule has 0 radical (unpaired) electrons. The van der Waals surface area contributed by atoms with Crippen molar-refractivity contribution in [1.29, 1.82) is 0 Å². The first-order chi connectivity index (χ1) is 11.9. The van der Waals surface area contributed by atoms with Gasteiger partial charge in [-0.3, -0.25) is 0 Å². The summed E-state index contributed by atoms with van der Waals surface area (Å²) in [6.07, 6.45) is 8.12. The van der Waals surface area contributed by atoms with Crippen molar-refractivity contribution < 1.29 is 0 Å². The fourth-order valence-corrected chi connectivity index (χ4v) is 3.53. The van der Waals surface area contributed by atoms with Crippen LogP contribution in [0, 0.1) is 0 Å². The molecule has 0 spiro atoms. The van der Waals surface area contributed by atoms with Gasteiger partial charge in [0.15, 0.2) is 5.65 Å². The molecule has 1 saturated heterocycles. The van der Waals surface area contributed by atoms with Crippen molar-refractivity contribution >= 4 is 29.1 Å². The lowest BCUT2D eigenvalue weighted by atomic mass is 10.1. The van der Waals surface area contributed by atoms with Crippen LogP contribution < -0.4 is 5.32 Å². The zero-order chi connectivity index (χ0) is 15.9. The topological polar surface area (TPSA) is 60.0 Å². The zero-order valence-corrected chi connectivity index (χ0v) is 14.5. The molecule has 5 rings (SSSR count). The average Bonchev–Trinajstić information content (AvgIpc) is 3.26. The lowest BCUT2D eigenvalue weighted by molar-refractivity contribution is 0.376. The Labute approximate surface area is 151 Å². The molecule has 1 unspecified atom stereocenters. The Hall–Kier alpha value is -2.44. The standard InChI is InChI=1S/C18H18N6.ClH/c1-2-9-24-17(5-1)14(11-21-24)15-6-7-16-18(22-15)23(12-20-16)13-4-3-8-19-10-13;/h1-2,5-7,9,11-13,19H,3-4,8,10H2;1H. The van der Waals surface area contributed by atoms with Crippen molar-refractivity contribution in [3.63, 3.8) is 0 Å². The quantitative estimate of drug-likeness (QED) is 0.601. The molecule has 4 aromatic rings. The van der Waals surface area contributed by atoms with Gasteiger partial charge in [0.25, 0.3) is 0 Å². The maximum Gasteiger partial charge on any atom is 0.160 e. The van der Waals surface area contributed by atoms with E-state index in [1.807, 2.05) is 41.4 Å². The smallest absolute Gasteiger partial charge is 0.160 e. The van der Waals surface area contributed by atoms with Gasteiger partial charge in [0.05, 0.1) is 23.7 Å². The van der Waals surface area contributed by atoms with Gasteiger partial charge in [-0.2, -0.15) is 5.10 Å². The van der Waals surface area contributed by atoms with Crippen molar-refractivity contribution in [2.24, 2.45) is 0 Å². The van der Waals surface area contributed by atoms with Crippen LogP contribution in [0.15, 0.2) is 49.1 Å². The minimum atomic E-state index is 0. The van der Waals surface area contributed by atoms with E-state index < -0.39 is 0 Å². The molecule has 1 aliphatic heterocycles. The van der Waals surface area contributed by atoms with Crippen LogP contribution in [0.1, 0.15) is 18.9 Å². The summed E-state index contributed by atoms with van der Waals surface area (Å²) in [5, 5.41) is 7.88. The molecule has 1 atom stereocenters. The highest BCUT2D eigenvalue weighted by Gasteiger charge is 2.18. The van der Waals surface area contributed by atoms with Gasteiger partial charge in [-0.25, -0.2) is 14.5 Å². The van der Waals surface area contributed by atoms with Crippen LogP contribution in [-0.4, -0.2) is 37.2 Å². The highest BCUT2D eigenvalue weighted by atomic mass is 35.5. The molecule has 7 heteroatoms. The first kappa shape index (κ1) is 16.1. The molecule has 128 valence electrons. The molecular weight excluding hydrogens is 336 g/mol. The minimum absolute atomic E-state index is 0. The summed E-state index contributed by atoms with van der Waals surface area (Å²) in [4.78, 5) is 9.45. The number of nitrogens with zero attached hydrogens (tertiary/aromatic N) is 5. The largest absolute Gasteiger partial charge is 0.315 e. The number of imidazole rings is 1. The molecule has 5 heterocycles. The summed E-state index contributed by atoms with van der Waals surface area (Å²) in [7, 11) is 0. The van der Waals surface area contributed by atoms with Gasteiger partial charge < -0.3 is 9.88 Å². The lowest BCUT2D eigenvalue weighted by Gasteiger charge is -2.24. The van der Waals surface area contributed by atoms with Crippen LogP contribution in [0.4, 0.5) is 0 Å². The molecular formula is C18H19ClN6. The third kappa shape index (κ3) is 2.67. The third-order valence-corrected chi connectivity index (χ3v) is 4.79. The Kier molecular flexibility index (Phi) is 4.15. The maximum atomic E-state index is 4.92. The lowest BCUT2D eigenvalue weighted by Crippen LogP contribution is -2.31. The molecule has 0 bridgehead atoms. The van der Waals surface area contributed by atoms with Crippen molar-refractivity contribution in [1.82, 2.24) is 29.5 Å². The maximum absolute atomic E-state index is 4.92. The van der Waals surface area contributed by atoms with Gasteiger partial charge in [0.2, 0.25) is 0 Å². The van der Waals surface area contributed by atoms with Gasteiger partial charge in [-0.05, 0) is 43.7 Å². The fraction of sp³-hybridized carbons (Fsp3) is 0.278. The minimum Gasteiger partial charge on any atom is -0.315 e. The van der Waals surface area contributed by atoms with E-state index in [-0.39, 0.29) is 12.4 Å². The predicted octanol–water partition coefficient (Wildman–Crippen LogP) is 3.09. The van der Waals surface area contributed by atoms with Crippen LogP contribution in [0.3, 0.4) is 0 Å². The normalized spacial score (nSPS) is 17.7. The number of hydrogen-bond acceptors (Lipinski definition) is 4. The van der Waals surface area contributed by atoms with Crippen LogP contribution in [0.5, 0.6) is 0 Å². The Bertz CT molecular complexity index is 1010. The van der Waals surface area contributed by atoms with E-state index in [9.17, 15) is 0 Å². The predicted molar refractivity (Wildman–Crippen MR) is 100 cm³/mol. The molecule has 0 aromatic carbocycles. The SMILES string of the molecule is Cl.c1ccn2ncc(-c3ccc4ncn(C5CCCNC5)c4n3)c2c1. The molecule has 0 aliphatic carbocycles. The number of hydrogen-bond donors (Lipinski definition) is 1. The zero-order valence-electron chi connectivity index (χ0n) is 13.7. The summed E-state index contributed by atoms with van der Waals surface area (Å²) in [6, 6.07) is 10.6. The van der Waals surface area contributed by atoms with E-state index in [0.29, 0.717) is 6.04 Å². The van der Waals surface area contributed by atoms with Crippen molar-refractivity contribution in [2.75, 3.05) is 13.1 Å². The monoisotopic (exact) mass is 354 g/mol. The van der Waals surface area contributed by atoms with Gasteiger partial charge in [-0.1, -0.05) is 6.07 Å². The van der Waals surface area contributed by atoms with E-state index >= 15 is 0 Å². The number of pyridine rings is 2. The van der Waals surface area contributed by atoms with E-state index in [2.05, 4.69) is 32.1 Å². The molecule has 6 nitrogen and oxygen atoms in total. The van der Waals surface area contributed by atoms with Crippen molar-refractivity contribution in [2.45, 2.75) is 18.9 Å². The Morgan fingerprint density at radius 3 is 3.00 bits per heavy atom. The van der Waals surface area contributed by atoms with Crippen molar-refractivity contribution in [3.05, 3.63) is 49.1 Å². The van der Waals surface area contributed by atoms with Gasteiger partial charge in [0, 0.05) is 24.3 Å². The van der Waals surface area contributed by atoms with Crippen LogP contribution in [0.2, 0.25) is 0 Å². The Morgan fingerprint density at radius 1 is 1.16 bits per heavy atom. The molecule has 25 heavy (non-hydrogen) atoms. The second kappa shape index (κ2) is 6.46. The summed E-state index contributed by atoms with van der Waals surface area (Å²) in [6.45, 7) is 2.08. The highest BCUT2D eigenvalue weighted by molar-refractivity contribution is 5.85. The highest BCUT2D eigenvalue weighted by Crippen LogP contribution is 2.27. The summed E-state index contributed by atoms with van der Waals surface area (Å²) >= 11 is 0. The molecule has 1 N–H and O–H groups in total. The number of fused-ring (bicyclic) bond motifs is 2. The summed E-state index contributed by atoms with van der Waals surface area (Å²) in [5.74, 6) is 0. The Balaban J connectivity index is 0.00000157. The molecule has 0 saturated carbocycles. The number of rotatable bonds is 2. The second-order valence-electron chi connectivity index (χ2n) is 6.28. The van der Waals surface area contributed by atoms with E-state index in [4.69, 9.17) is 4.98 Å². The van der Waals surface area contributed by atoms with Crippen LogP contribution in [-0.2, 0) is 0 Å². The second-order valence-corrected chi connectivity index (χ2v) is 6.28. The van der Waals surface area contributed by atoms with E-state index in [0.717, 1.165) is 41.0 Å². The van der Waals surface area contributed by atoms with Gasteiger partial charge >= 0.3 is 0 Å². The van der Waals surface area contributed by atoms with Gasteiger partial charge in [0.1, 0.15) is 5.52 Å². The summed E-state index contributed by atoms with van der Waals surface area (Å²) in [5.41, 5.74) is 4.95. The van der Waals surface area contributed by atoms with E-state index in [1.54, 1.807) is 0 Å². The number of piperidine rings is 1. The summed E-state index contributed by atoms with van der Waals surface area (Å²) < 4.78 is 4.10. The first-order valence-corrected chi connectivity index (χ1v) is 8.37. The Morgan fingerprint density at radius 2 is 2.12 bits per heavy atom. The molecule has 0 amide bonds. The molecule has 4 aromatic heterocycles. The number of nitrogens with one attached hydrogen (secondary N) is 1. The average molecular weight is 355 g/mol. The fourth-order valence-electron chi connectivity index (χ4n) is 3.53. The van der Waals surface area contributed by atoms with E-state index in [1.165, 1.54) is 12.8 Å². The number of aromatic nitrogens is 5. The molecule has 1 fully saturated rings. The van der Waals surface area contributed by atoms with Gasteiger partial charge in [-0.15, -0.1) is 12.4 Å². The first-order valence-electron chi connectivity index (χ1n) is 8.37. The van der Waals surface area contributed by atoms with Crippen molar-refractivity contribution in [3.8, 4) is 11.3 Å². The molecule has 1 aliphatic rings. The third-order valence-electron chi connectivity index (χ3n) is 4.79. The van der Waals surface area contributed by atoms with Crippen LogP contribution in [0.25, 0.3) is 27.9 Å².